The molecular formula is C18H28N8O2. The molecule has 28 heavy (non-hydrogen) atoms. The Hall–Kier alpha value is -3.56. The Morgan fingerprint density at radius 1 is 0.929 bits per heavy atom. The van der Waals surface area contributed by atoms with Gasteiger partial charge in [0.15, 0.2) is 11.9 Å². The molecule has 0 heterocycles. The van der Waals surface area contributed by atoms with E-state index < -0.39 is 17.7 Å². The van der Waals surface area contributed by atoms with Crippen molar-refractivity contribution in [3.05, 3.63) is 42.0 Å². The minimum absolute atomic E-state index is 0.0643. The van der Waals surface area contributed by atoms with Gasteiger partial charge in [0.2, 0.25) is 11.8 Å². The van der Waals surface area contributed by atoms with Gasteiger partial charge < -0.3 is 33.6 Å². The molecule has 0 saturated heterocycles. The molecule has 0 radical (unpaired) electrons. The van der Waals surface area contributed by atoms with Crippen LogP contribution in [0.2, 0.25) is 0 Å². The number of hydrogen-bond acceptors (Lipinski definition) is 4. The fraction of sp³-hybridized carbons (Fsp3) is 0.333. The van der Waals surface area contributed by atoms with Crippen LogP contribution < -0.4 is 33.6 Å². The van der Waals surface area contributed by atoms with Crippen LogP contribution in [0.4, 0.5) is 0 Å². The number of guanidine groups is 2. The van der Waals surface area contributed by atoms with Crippen LogP contribution in [0.15, 0.2) is 40.8 Å². The van der Waals surface area contributed by atoms with Crippen molar-refractivity contribution >= 4 is 29.8 Å². The van der Waals surface area contributed by atoms with Gasteiger partial charge in [0.25, 0.3) is 0 Å². The number of aliphatic imine (C=N–C) groups is 2. The fourth-order valence-corrected chi connectivity index (χ4v) is 2.30. The first-order chi connectivity index (χ1) is 13.3. The maximum absolute atomic E-state index is 12.5. The van der Waals surface area contributed by atoms with Crippen molar-refractivity contribution in [1.82, 2.24) is 10.6 Å². The lowest BCUT2D eigenvalue weighted by Gasteiger charge is -2.16. The van der Waals surface area contributed by atoms with Gasteiger partial charge in [-0.25, -0.2) is 0 Å². The van der Waals surface area contributed by atoms with E-state index in [0.29, 0.717) is 0 Å². The van der Waals surface area contributed by atoms with Crippen molar-refractivity contribution < 1.29 is 9.59 Å². The fourth-order valence-electron chi connectivity index (χ4n) is 2.30. The Balaban J connectivity index is 2.77. The third-order valence-electron chi connectivity index (χ3n) is 3.70. The summed E-state index contributed by atoms with van der Waals surface area (Å²) in [6.07, 6.45) is 1.95. The topological polar surface area (TPSA) is 187 Å². The van der Waals surface area contributed by atoms with Gasteiger partial charge in [-0.15, -0.1) is 0 Å². The highest BCUT2D eigenvalue weighted by molar-refractivity contribution is 6.00. The summed E-state index contributed by atoms with van der Waals surface area (Å²) >= 11 is 0. The zero-order valence-electron chi connectivity index (χ0n) is 15.7. The van der Waals surface area contributed by atoms with Crippen LogP contribution in [0, 0.1) is 5.92 Å². The summed E-state index contributed by atoms with van der Waals surface area (Å²) in [6.45, 7) is 4.57. The van der Waals surface area contributed by atoms with Crippen molar-refractivity contribution in [3.63, 3.8) is 0 Å². The van der Waals surface area contributed by atoms with Crippen LogP contribution in [-0.2, 0) is 16.0 Å². The van der Waals surface area contributed by atoms with Crippen molar-refractivity contribution in [2.45, 2.75) is 6.42 Å². The van der Waals surface area contributed by atoms with E-state index in [9.17, 15) is 9.59 Å². The van der Waals surface area contributed by atoms with E-state index in [4.69, 9.17) is 22.9 Å². The average molecular weight is 388 g/mol. The van der Waals surface area contributed by atoms with Gasteiger partial charge in [0, 0.05) is 13.1 Å². The molecule has 2 amide bonds. The standard InChI is InChI=1S/C18H28N8O2/c1-2-12-3-5-13(6-4-12)11-14(15(27)23-7-9-25-17(19)20)16(28)24-8-10-26-18(21)22/h2-6,14H,1,7-11H2,(H,23,27)(H,24,28)(H4,19,20,25)(H4,21,22,26). The van der Waals surface area contributed by atoms with Crippen LogP contribution in [-0.4, -0.2) is 49.9 Å². The zero-order valence-corrected chi connectivity index (χ0v) is 15.7. The summed E-state index contributed by atoms with van der Waals surface area (Å²) in [5.74, 6) is -1.89. The molecule has 10 heteroatoms. The van der Waals surface area contributed by atoms with Gasteiger partial charge in [0.05, 0.1) is 13.1 Å². The average Bonchev–Trinajstić information content (AvgIpc) is 2.66. The Bertz CT molecular complexity index is 684. The molecular weight excluding hydrogens is 360 g/mol. The molecule has 0 aliphatic rings. The van der Waals surface area contributed by atoms with Crippen molar-refractivity contribution in [2.75, 3.05) is 26.2 Å². The SMILES string of the molecule is C=Cc1ccc(CC(C(=O)NCCN=C(N)N)C(=O)NCCN=C(N)N)cc1. The number of rotatable bonds is 11. The lowest BCUT2D eigenvalue weighted by atomic mass is 9.96. The molecule has 0 aliphatic carbocycles. The Morgan fingerprint density at radius 3 is 1.79 bits per heavy atom. The number of carbonyl (C=O) groups is 2. The third kappa shape index (κ3) is 8.70. The number of nitrogens with two attached hydrogens (primary N) is 4. The lowest BCUT2D eigenvalue weighted by Crippen LogP contribution is -2.44. The van der Waals surface area contributed by atoms with Gasteiger partial charge in [-0.1, -0.05) is 36.9 Å². The van der Waals surface area contributed by atoms with E-state index in [1.807, 2.05) is 24.3 Å². The van der Waals surface area contributed by atoms with Crippen LogP contribution in [0.25, 0.3) is 6.08 Å². The van der Waals surface area contributed by atoms with Crippen LogP contribution in [0.5, 0.6) is 0 Å². The highest BCUT2D eigenvalue weighted by Crippen LogP contribution is 2.12. The molecule has 1 aromatic carbocycles. The molecule has 0 fully saturated rings. The number of hydrogen-bond donors (Lipinski definition) is 6. The molecule has 1 rings (SSSR count). The number of benzene rings is 1. The predicted molar refractivity (Wildman–Crippen MR) is 111 cm³/mol. The molecule has 0 spiro atoms. The molecule has 1 aromatic rings. The Kier molecular flexibility index (Phi) is 9.59. The number of nitrogens with zero attached hydrogens (tertiary/aromatic N) is 2. The monoisotopic (exact) mass is 388 g/mol. The van der Waals surface area contributed by atoms with Gasteiger partial charge in [-0.3, -0.25) is 19.6 Å². The van der Waals surface area contributed by atoms with E-state index >= 15 is 0 Å². The van der Waals surface area contributed by atoms with Gasteiger partial charge in [-0.2, -0.15) is 0 Å². The maximum atomic E-state index is 12.5. The summed E-state index contributed by atoms with van der Waals surface area (Å²) in [5, 5.41) is 5.34. The number of carbonyl (C=O) groups excluding carboxylic acids is 2. The predicted octanol–water partition coefficient (Wildman–Crippen LogP) is -1.73. The van der Waals surface area contributed by atoms with Crippen molar-refractivity contribution in [3.8, 4) is 0 Å². The molecule has 0 aliphatic heterocycles. The van der Waals surface area contributed by atoms with Gasteiger partial charge in [0.1, 0.15) is 5.92 Å². The van der Waals surface area contributed by atoms with E-state index in [1.54, 1.807) is 6.08 Å². The van der Waals surface area contributed by atoms with Crippen molar-refractivity contribution in [2.24, 2.45) is 38.8 Å². The summed E-state index contributed by atoms with van der Waals surface area (Å²) in [7, 11) is 0. The van der Waals surface area contributed by atoms with Crippen LogP contribution >= 0.6 is 0 Å². The van der Waals surface area contributed by atoms with Crippen LogP contribution in [0.1, 0.15) is 11.1 Å². The van der Waals surface area contributed by atoms with Crippen LogP contribution in [0.3, 0.4) is 0 Å². The van der Waals surface area contributed by atoms with Gasteiger partial charge >= 0.3 is 0 Å². The largest absolute Gasteiger partial charge is 0.370 e. The summed E-state index contributed by atoms with van der Waals surface area (Å²) < 4.78 is 0. The Morgan fingerprint density at radius 2 is 1.39 bits per heavy atom. The second-order valence-corrected chi connectivity index (χ2v) is 5.90. The molecule has 0 unspecified atom stereocenters. The molecule has 0 saturated carbocycles. The molecule has 0 aromatic heterocycles. The quantitative estimate of drug-likeness (QED) is 0.113. The molecule has 0 bridgehead atoms. The van der Waals surface area contributed by atoms with E-state index in [0.717, 1.165) is 11.1 Å². The van der Waals surface area contributed by atoms with E-state index in [-0.39, 0.29) is 44.5 Å². The number of nitrogens with one attached hydrogen (secondary N) is 2. The minimum Gasteiger partial charge on any atom is -0.370 e. The lowest BCUT2D eigenvalue weighted by molar-refractivity contribution is -0.135. The third-order valence-corrected chi connectivity index (χ3v) is 3.70. The van der Waals surface area contributed by atoms with E-state index in [1.165, 1.54) is 0 Å². The first-order valence-corrected chi connectivity index (χ1v) is 8.71. The maximum Gasteiger partial charge on any atom is 0.232 e. The van der Waals surface area contributed by atoms with Gasteiger partial charge in [-0.05, 0) is 17.5 Å². The molecule has 0 atom stereocenters. The summed E-state index contributed by atoms with van der Waals surface area (Å²) in [4.78, 5) is 32.6. The minimum atomic E-state index is -0.923. The normalized spacial score (nSPS) is 10.0. The number of amides is 2. The highest BCUT2D eigenvalue weighted by atomic mass is 16.2. The summed E-state index contributed by atoms with van der Waals surface area (Å²) in [6, 6.07) is 7.44. The zero-order chi connectivity index (χ0) is 20.9. The summed E-state index contributed by atoms with van der Waals surface area (Å²) in [5.41, 5.74) is 22.8. The first-order valence-electron chi connectivity index (χ1n) is 8.71. The second-order valence-electron chi connectivity index (χ2n) is 5.90. The highest BCUT2D eigenvalue weighted by Gasteiger charge is 2.26. The Labute approximate surface area is 164 Å². The molecule has 10 nitrogen and oxygen atoms in total. The molecule has 152 valence electrons. The first kappa shape index (κ1) is 22.5. The van der Waals surface area contributed by atoms with E-state index in [2.05, 4.69) is 27.2 Å². The second kappa shape index (κ2) is 11.9. The smallest absolute Gasteiger partial charge is 0.232 e. The van der Waals surface area contributed by atoms with Crippen molar-refractivity contribution in [1.29, 1.82) is 0 Å². The molecule has 10 N–H and O–H groups in total.